The van der Waals surface area contributed by atoms with E-state index < -0.39 is 35.7 Å². The minimum atomic E-state index is -1.06. The predicted octanol–water partition coefficient (Wildman–Crippen LogP) is 1.81. The van der Waals surface area contributed by atoms with Crippen molar-refractivity contribution in [2.75, 3.05) is 6.54 Å². The number of likely N-dealkylation sites (tertiary alicyclic amines) is 1. The first-order valence-corrected chi connectivity index (χ1v) is 8.24. The van der Waals surface area contributed by atoms with Crippen LogP contribution in [0.15, 0.2) is 30.3 Å². The van der Waals surface area contributed by atoms with Gasteiger partial charge in [0.1, 0.15) is 17.7 Å². The van der Waals surface area contributed by atoms with E-state index in [9.17, 15) is 19.5 Å². The summed E-state index contributed by atoms with van der Waals surface area (Å²) in [5.74, 6) is -1.45. The standard InChI is InChI=1S/C18H24N2O5/c1-18(2,3)25-17(24)19-13-9-10-20(15(13)21)14(16(22)23)11-12-7-5-4-6-8-12/h4-8,13-14H,9-11H2,1-3H3,(H,19,24)(H,22,23)/t13-,14+/m0/s1. The second kappa shape index (κ2) is 7.55. The quantitative estimate of drug-likeness (QED) is 0.846. The zero-order chi connectivity index (χ0) is 18.6. The Bertz CT molecular complexity index is 639. The summed E-state index contributed by atoms with van der Waals surface area (Å²) in [6.07, 6.45) is -0.0970. The fraction of sp³-hybridized carbons (Fsp3) is 0.500. The average Bonchev–Trinajstić information content (AvgIpc) is 2.84. The third-order valence-corrected chi connectivity index (χ3v) is 3.86. The number of carbonyl (C=O) groups is 3. The number of nitrogens with zero attached hydrogens (tertiary/aromatic N) is 1. The minimum absolute atomic E-state index is 0.223. The Kier molecular flexibility index (Phi) is 5.66. The number of hydrogen-bond acceptors (Lipinski definition) is 4. The van der Waals surface area contributed by atoms with Crippen molar-refractivity contribution in [1.29, 1.82) is 0 Å². The lowest BCUT2D eigenvalue weighted by Gasteiger charge is -2.25. The number of hydrogen-bond donors (Lipinski definition) is 2. The number of carboxylic acid groups (broad SMARTS) is 1. The van der Waals surface area contributed by atoms with Gasteiger partial charge in [-0.3, -0.25) is 4.79 Å². The second-order valence-electron chi connectivity index (χ2n) is 7.06. The van der Waals surface area contributed by atoms with Crippen LogP contribution in [0, 0.1) is 0 Å². The van der Waals surface area contributed by atoms with Gasteiger partial charge in [-0.25, -0.2) is 9.59 Å². The molecule has 0 radical (unpaired) electrons. The molecular formula is C18H24N2O5. The van der Waals surface area contributed by atoms with E-state index in [2.05, 4.69) is 5.32 Å². The van der Waals surface area contributed by atoms with Gasteiger partial charge in [0.05, 0.1) is 0 Å². The zero-order valence-electron chi connectivity index (χ0n) is 14.7. The number of ether oxygens (including phenoxy) is 1. The highest BCUT2D eigenvalue weighted by atomic mass is 16.6. The Morgan fingerprint density at radius 3 is 2.52 bits per heavy atom. The SMILES string of the molecule is CC(C)(C)OC(=O)N[C@H]1CCN([C@H](Cc2ccccc2)C(=O)O)C1=O. The second-order valence-corrected chi connectivity index (χ2v) is 7.06. The highest BCUT2D eigenvalue weighted by molar-refractivity contribution is 5.91. The van der Waals surface area contributed by atoms with Crippen molar-refractivity contribution in [2.24, 2.45) is 0 Å². The first-order valence-electron chi connectivity index (χ1n) is 8.24. The van der Waals surface area contributed by atoms with Gasteiger partial charge in [0.25, 0.3) is 0 Å². The first-order chi connectivity index (χ1) is 11.7. The molecule has 2 amide bonds. The third-order valence-electron chi connectivity index (χ3n) is 3.86. The molecule has 1 aliphatic rings. The average molecular weight is 348 g/mol. The smallest absolute Gasteiger partial charge is 0.408 e. The molecule has 2 N–H and O–H groups in total. The van der Waals surface area contributed by atoms with Crippen LogP contribution < -0.4 is 5.32 Å². The molecule has 0 unspecified atom stereocenters. The van der Waals surface area contributed by atoms with Crippen LogP contribution in [-0.4, -0.2) is 52.2 Å². The molecule has 2 rings (SSSR count). The maximum atomic E-state index is 12.5. The number of nitrogens with one attached hydrogen (secondary N) is 1. The Morgan fingerprint density at radius 1 is 1.32 bits per heavy atom. The summed E-state index contributed by atoms with van der Waals surface area (Å²) in [4.78, 5) is 37.3. The number of carboxylic acids is 1. The van der Waals surface area contributed by atoms with Crippen molar-refractivity contribution in [3.63, 3.8) is 0 Å². The lowest BCUT2D eigenvalue weighted by Crippen LogP contribution is -2.48. The van der Waals surface area contributed by atoms with Gasteiger partial charge >= 0.3 is 12.1 Å². The van der Waals surface area contributed by atoms with Crippen LogP contribution in [0.25, 0.3) is 0 Å². The number of benzene rings is 1. The van der Waals surface area contributed by atoms with E-state index in [-0.39, 0.29) is 13.0 Å². The molecule has 0 spiro atoms. The fourth-order valence-electron chi connectivity index (χ4n) is 2.76. The molecule has 0 saturated carbocycles. The lowest BCUT2D eigenvalue weighted by molar-refractivity contribution is -0.148. The van der Waals surface area contributed by atoms with Gasteiger partial charge in [0.2, 0.25) is 5.91 Å². The van der Waals surface area contributed by atoms with E-state index in [0.717, 1.165) is 5.56 Å². The van der Waals surface area contributed by atoms with Gasteiger partial charge in [-0.05, 0) is 32.8 Å². The molecule has 7 heteroatoms. The summed E-state index contributed by atoms with van der Waals surface area (Å²) in [5.41, 5.74) is 0.175. The van der Waals surface area contributed by atoms with E-state index in [0.29, 0.717) is 6.42 Å². The summed E-state index contributed by atoms with van der Waals surface area (Å²) in [6, 6.07) is 7.44. The van der Waals surface area contributed by atoms with Crippen LogP contribution in [0.3, 0.4) is 0 Å². The van der Waals surface area contributed by atoms with Crippen molar-refractivity contribution in [2.45, 2.75) is 51.3 Å². The molecule has 1 fully saturated rings. The monoisotopic (exact) mass is 348 g/mol. The van der Waals surface area contributed by atoms with Crippen LogP contribution >= 0.6 is 0 Å². The van der Waals surface area contributed by atoms with E-state index in [1.54, 1.807) is 20.8 Å². The summed E-state index contributed by atoms with van der Waals surface area (Å²) in [6.45, 7) is 5.48. The van der Waals surface area contributed by atoms with E-state index in [4.69, 9.17) is 4.74 Å². The molecule has 1 aromatic rings. The van der Waals surface area contributed by atoms with Crippen LogP contribution in [0.4, 0.5) is 4.79 Å². The normalized spacial score (nSPS) is 18.8. The van der Waals surface area contributed by atoms with E-state index in [1.807, 2.05) is 30.3 Å². The Morgan fingerprint density at radius 2 is 1.96 bits per heavy atom. The highest BCUT2D eigenvalue weighted by Gasteiger charge is 2.40. The molecule has 25 heavy (non-hydrogen) atoms. The highest BCUT2D eigenvalue weighted by Crippen LogP contribution is 2.19. The molecule has 1 saturated heterocycles. The fourth-order valence-corrected chi connectivity index (χ4v) is 2.76. The Hall–Kier alpha value is -2.57. The Labute approximate surface area is 147 Å². The number of carbonyl (C=O) groups excluding carboxylic acids is 2. The van der Waals surface area contributed by atoms with Gasteiger partial charge in [-0.2, -0.15) is 0 Å². The first kappa shape index (κ1) is 18.8. The van der Waals surface area contributed by atoms with Crippen molar-refractivity contribution in [1.82, 2.24) is 10.2 Å². The van der Waals surface area contributed by atoms with Gasteiger partial charge in [-0.15, -0.1) is 0 Å². The van der Waals surface area contributed by atoms with Crippen LogP contribution in [-0.2, 0) is 20.7 Å². The van der Waals surface area contributed by atoms with Crippen molar-refractivity contribution < 1.29 is 24.2 Å². The van der Waals surface area contributed by atoms with Crippen molar-refractivity contribution >= 4 is 18.0 Å². The molecule has 1 aromatic carbocycles. The molecular weight excluding hydrogens is 324 g/mol. The molecule has 1 heterocycles. The summed E-state index contributed by atoms with van der Waals surface area (Å²) >= 11 is 0. The topological polar surface area (TPSA) is 95.9 Å². The van der Waals surface area contributed by atoms with Crippen molar-refractivity contribution in [3.8, 4) is 0 Å². The number of rotatable bonds is 5. The van der Waals surface area contributed by atoms with Gasteiger partial charge in [0, 0.05) is 13.0 Å². The number of aliphatic carboxylic acids is 1. The number of amides is 2. The van der Waals surface area contributed by atoms with Crippen molar-refractivity contribution in [3.05, 3.63) is 35.9 Å². The van der Waals surface area contributed by atoms with Crippen LogP contribution in [0.5, 0.6) is 0 Å². The minimum Gasteiger partial charge on any atom is -0.480 e. The molecule has 2 atom stereocenters. The molecule has 7 nitrogen and oxygen atoms in total. The molecule has 0 bridgehead atoms. The maximum absolute atomic E-state index is 12.5. The predicted molar refractivity (Wildman–Crippen MR) is 91.1 cm³/mol. The lowest BCUT2D eigenvalue weighted by atomic mass is 10.1. The van der Waals surface area contributed by atoms with Gasteiger partial charge in [0.15, 0.2) is 0 Å². The van der Waals surface area contributed by atoms with E-state index in [1.165, 1.54) is 4.90 Å². The maximum Gasteiger partial charge on any atom is 0.408 e. The summed E-state index contributed by atoms with van der Waals surface area (Å²) < 4.78 is 5.15. The van der Waals surface area contributed by atoms with Gasteiger partial charge < -0.3 is 20.1 Å². The van der Waals surface area contributed by atoms with Crippen LogP contribution in [0.2, 0.25) is 0 Å². The van der Waals surface area contributed by atoms with Gasteiger partial charge in [-0.1, -0.05) is 30.3 Å². The van der Waals surface area contributed by atoms with Crippen LogP contribution in [0.1, 0.15) is 32.8 Å². The summed E-state index contributed by atoms with van der Waals surface area (Å²) in [5, 5.41) is 12.1. The zero-order valence-corrected chi connectivity index (χ0v) is 14.7. The summed E-state index contributed by atoms with van der Waals surface area (Å²) in [7, 11) is 0. The third kappa shape index (κ3) is 5.20. The molecule has 0 aromatic heterocycles. The van der Waals surface area contributed by atoms with E-state index >= 15 is 0 Å². The number of alkyl carbamates (subject to hydrolysis) is 1. The molecule has 1 aliphatic heterocycles. The largest absolute Gasteiger partial charge is 0.480 e. The molecule has 136 valence electrons. The Balaban J connectivity index is 2.03. The molecule has 0 aliphatic carbocycles.